The smallest absolute Gasteiger partial charge is 0.194 e. The van der Waals surface area contributed by atoms with E-state index in [1.165, 1.54) is 0 Å². The van der Waals surface area contributed by atoms with Gasteiger partial charge in [-0.05, 0) is 22.3 Å². The molecule has 0 atom stereocenters. The molecule has 28 heavy (non-hydrogen) atoms. The summed E-state index contributed by atoms with van der Waals surface area (Å²) in [6.45, 7) is 23.2. The minimum atomic E-state index is -0.0580. The summed E-state index contributed by atoms with van der Waals surface area (Å²) in [4.78, 5) is 13.1. The maximum atomic E-state index is 13.1. The maximum absolute atomic E-state index is 13.1. The topological polar surface area (TPSA) is 17.1 Å². The monoisotopic (exact) mass is 372 g/mol. The highest BCUT2D eigenvalue weighted by molar-refractivity contribution is 6.13. The third kappa shape index (κ3) is 5.92. The van der Waals surface area contributed by atoms with Crippen LogP contribution >= 0.6 is 0 Å². The van der Waals surface area contributed by atoms with Gasteiger partial charge < -0.3 is 0 Å². The molecule has 0 amide bonds. The van der Waals surface area contributed by atoms with Crippen molar-refractivity contribution in [2.75, 3.05) is 0 Å². The highest BCUT2D eigenvalue weighted by Crippen LogP contribution is 2.25. The lowest BCUT2D eigenvalue weighted by atomic mass is 9.90. The standard InChI is InChI=1S/C23H20O.2C2H6/c1-5-9-12-18-14-11-16-22(20(18)8-4)23(24)21-15-10-13-17(6-2)19(21)7-3;2*1-2/h5-16H,1-4H2;2*1-2H3/b12-9-;;. The Kier molecular flexibility index (Phi) is 12.4. The average molecular weight is 373 g/mol. The molecule has 1 nitrogen and oxygen atoms in total. The van der Waals surface area contributed by atoms with Crippen LogP contribution in [-0.2, 0) is 0 Å². The predicted octanol–water partition coefficient (Wildman–Crippen LogP) is 8.10. The van der Waals surface area contributed by atoms with Crippen molar-refractivity contribution in [3.8, 4) is 0 Å². The van der Waals surface area contributed by atoms with Crippen molar-refractivity contribution in [3.63, 3.8) is 0 Å². The van der Waals surface area contributed by atoms with Gasteiger partial charge in [0.15, 0.2) is 5.78 Å². The van der Waals surface area contributed by atoms with E-state index in [2.05, 4.69) is 26.3 Å². The maximum Gasteiger partial charge on any atom is 0.194 e. The molecule has 0 aliphatic heterocycles. The molecule has 0 radical (unpaired) electrons. The third-order valence-electron chi connectivity index (χ3n) is 3.81. The van der Waals surface area contributed by atoms with Gasteiger partial charge in [-0.25, -0.2) is 0 Å². The second-order valence-corrected chi connectivity index (χ2v) is 5.15. The molecule has 0 aliphatic carbocycles. The van der Waals surface area contributed by atoms with Gasteiger partial charge in [0.1, 0.15) is 0 Å². The van der Waals surface area contributed by atoms with Gasteiger partial charge in [0, 0.05) is 11.1 Å². The summed E-state index contributed by atoms with van der Waals surface area (Å²) in [6.07, 6.45) is 10.6. The van der Waals surface area contributed by atoms with Crippen LogP contribution in [0.25, 0.3) is 24.3 Å². The fourth-order valence-corrected chi connectivity index (χ4v) is 2.66. The van der Waals surface area contributed by atoms with Gasteiger partial charge in [-0.1, -0.05) is 127 Å². The molecule has 0 saturated heterocycles. The summed E-state index contributed by atoms with van der Waals surface area (Å²) in [7, 11) is 0. The molecule has 0 unspecified atom stereocenters. The van der Waals surface area contributed by atoms with Crippen molar-refractivity contribution in [2.24, 2.45) is 0 Å². The molecule has 0 aromatic heterocycles. The van der Waals surface area contributed by atoms with E-state index in [4.69, 9.17) is 0 Å². The fraction of sp³-hybridized carbons (Fsp3) is 0.148. The summed E-state index contributed by atoms with van der Waals surface area (Å²) < 4.78 is 0. The van der Waals surface area contributed by atoms with Gasteiger partial charge in [0.2, 0.25) is 0 Å². The summed E-state index contributed by atoms with van der Waals surface area (Å²) in [5.74, 6) is -0.0580. The highest BCUT2D eigenvalue weighted by atomic mass is 16.1. The van der Waals surface area contributed by atoms with Crippen LogP contribution in [0, 0.1) is 0 Å². The molecule has 0 aliphatic rings. The lowest BCUT2D eigenvalue weighted by molar-refractivity contribution is 0.103. The number of hydrogen-bond acceptors (Lipinski definition) is 1. The Morgan fingerprint density at radius 3 is 1.61 bits per heavy atom. The normalized spacial score (nSPS) is 9.29. The Bertz CT molecular complexity index is 851. The summed E-state index contributed by atoms with van der Waals surface area (Å²) in [5, 5.41) is 0. The average Bonchev–Trinajstić information content (AvgIpc) is 2.78. The second kappa shape index (κ2) is 13.9. The van der Waals surface area contributed by atoms with Crippen LogP contribution in [0.4, 0.5) is 0 Å². The molecule has 0 N–H and O–H groups in total. The first-order valence-electron chi connectivity index (χ1n) is 9.65. The van der Waals surface area contributed by atoms with E-state index < -0.39 is 0 Å². The number of ketones is 1. The summed E-state index contributed by atoms with van der Waals surface area (Å²) in [5.41, 5.74) is 4.63. The predicted molar refractivity (Wildman–Crippen MR) is 129 cm³/mol. The zero-order valence-electron chi connectivity index (χ0n) is 17.7. The van der Waals surface area contributed by atoms with Crippen molar-refractivity contribution in [1.82, 2.24) is 0 Å². The second-order valence-electron chi connectivity index (χ2n) is 5.15. The van der Waals surface area contributed by atoms with Gasteiger partial charge in [0.25, 0.3) is 0 Å². The van der Waals surface area contributed by atoms with Crippen LogP contribution in [0.5, 0.6) is 0 Å². The minimum absolute atomic E-state index is 0.0580. The number of rotatable bonds is 7. The quantitative estimate of drug-likeness (QED) is 0.354. The van der Waals surface area contributed by atoms with Gasteiger partial charge in [-0.3, -0.25) is 4.79 Å². The van der Waals surface area contributed by atoms with Gasteiger partial charge in [-0.15, -0.1) is 0 Å². The lowest BCUT2D eigenvalue weighted by Gasteiger charge is -2.12. The molecule has 146 valence electrons. The van der Waals surface area contributed by atoms with Crippen LogP contribution in [0.1, 0.15) is 65.9 Å². The number of carbonyl (C=O) groups excluding carboxylic acids is 1. The van der Waals surface area contributed by atoms with Gasteiger partial charge in [-0.2, -0.15) is 0 Å². The van der Waals surface area contributed by atoms with Crippen LogP contribution < -0.4 is 0 Å². The molecule has 0 heterocycles. The van der Waals surface area contributed by atoms with Crippen LogP contribution in [0.3, 0.4) is 0 Å². The van der Waals surface area contributed by atoms with Crippen molar-refractivity contribution >= 4 is 30.1 Å². The molecule has 2 rings (SSSR count). The van der Waals surface area contributed by atoms with E-state index >= 15 is 0 Å². The first-order chi connectivity index (χ1) is 13.7. The first-order valence-corrected chi connectivity index (χ1v) is 9.65. The molecule has 0 bridgehead atoms. The number of carbonyl (C=O) groups is 1. The Balaban J connectivity index is 0.00000171. The molecular weight excluding hydrogens is 340 g/mol. The van der Waals surface area contributed by atoms with E-state index in [1.54, 1.807) is 24.3 Å². The SMILES string of the molecule is C=C/C=C\c1cccc(C(=O)c2cccc(C=C)c2C=C)c1C=C.CC.CC. The first kappa shape index (κ1) is 24.8. The third-order valence-corrected chi connectivity index (χ3v) is 3.81. The summed E-state index contributed by atoms with van der Waals surface area (Å²) >= 11 is 0. The van der Waals surface area contributed by atoms with E-state index in [-0.39, 0.29) is 5.78 Å². The van der Waals surface area contributed by atoms with E-state index in [0.717, 1.165) is 22.3 Å². The molecular formula is C27H32O. The lowest BCUT2D eigenvalue weighted by Crippen LogP contribution is -2.07. The Morgan fingerprint density at radius 1 is 0.714 bits per heavy atom. The molecule has 0 spiro atoms. The Hall–Kier alpha value is -3.19. The van der Waals surface area contributed by atoms with Crippen molar-refractivity contribution < 1.29 is 4.79 Å². The molecule has 1 heteroatoms. The van der Waals surface area contributed by atoms with E-state index in [1.807, 2.05) is 76.2 Å². The van der Waals surface area contributed by atoms with E-state index in [9.17, 15) is 4.79 Å². The summed E-state index contributed by atoms with van der Waals surface area (Å²) in [6, 6.07) is 11.2. The van der Waals surface area contributed by atoms with E-state index in [0.29, 0.717) is 11.1 Å². The number of hydrogen-bond donors (Lipinski definition) is 0. The van der Waals surface area contributed by atoms with Crippen LogP contribution in [0.15, 0.2) is 74.9 Å². The van der Waals surface area contributed by atoms with Gasteiger partial charge >= 0.3 is 0 Å². The largest absolute Gasteiger partial charge is 0.289 e. The van der Waals surface area contributed by atoms with Gasteiger partial charge in [0.05, 0.1) is 0 Å². The Morgan fingerprint density at radius 2 is 1.18 bits per heavy atom. The van der Waals surface area contributed by atoms with Crippen molar-refractivity contribution in [3.05, 3.63) is 108 Å². The zero-order chi connectivity index (χ0) is 21.5. The molecule has 0 fully saturated rings. The molecule has 2 aromatic rings. The Labute approximate surface area is 171 Å². The molecule has 0 saturated carbocycles. The van der Waals surface area contributed by atoms with Crippen molar-refractivity contribution in [1.29, 1.82) is 0 Å². The fourth-order valence-electron chi connectivity index (χ4n) is 2.66. The van der Waals surface area contributed by atoms with Crippen LogP contribution in [0.2, 0.25) is 0 Å². The minimum Gasteiger partial charge on any atom is -0.289 e. The zero-order valence-corrected chi connectivity index (χ0v) is 17.7. The number of benzene rings is 2. The van der Waals surface area contributed by atoms with Crippen molar-refractivity contribution in [2.45, 2.75) is 27.7 Å². The van der Waals surface area contributed by atoms with Crippen LogP contribution in [-0.4, -0.2) is 5.78 Å². The number of allylic oxidation sites excluding steroid dienone is 2. The molecule has 2 aromatic carbocycles. The highest BCUT2D eigenvalue weighted by Gasteiger charge is 2.17.